The zero-order chi connectivity index (χ0) is 14.3. The topological polar surface area (TPSA) is 20.3 Å². The minimum atomic E-state index is 0.0982. The van der Waals surface area contributed by atoms with Gasteiger partial charge in [0.25, 0.3) is 5.91 Å². The Morgan fingerprint density at radius 3 is 2.95 bits per heavy atom. The Morgan fingerprint density at radius 2 is 2.20 bits per heavy atom. The van der Waals surface area contributed by atoms with Crippen LogP contribution in [0.25, 0.3) is 10.1 Å². The summed E-state index contributed by atoms with van der Waals surface area (Å²) >= 11 is 7.95. The van der Waals surface area contributed by atoms with Gasteiger partial charge in [-0.05, 0) is 44.7 Å². The second-order valence-electron chi connectivity index (χ2n) is 5.59. The number of rotatable bonds is 1. The zero-order valence-electron chi connectivity index (χ0n) is 11.8. The first kappa shape index (κ1) is 13.9. The smallest absolute Gasteiger partial charge is 0.265 e. The molecule has 0 bridgehead atoms. The predicted molar refractivity (Wildman–Crippen MR) is 85.9 cm³/mol. The SMILES string of the molecule is Cc1ccc2c(Cl)c(C(=O)N3CCCC[C@@H]3C)sc2c1. The van der Waals surface area contributed by atoms with Crippen LogP contribution in [0.1, 0.15) is 41.4 Å². The van der Waals surface area contributed by atoms with Crippen LogP contribution in [0.2, 0.25) is 5.02 Å². The van der Waals surface area contributed by atoms with Crippen LogP contribution in [0.15, 0.2) is 18.2 Å². The summed E-state index contributed by atoms with van der Waals surface area (Å²) < 4.78 is 1.10. The average Bonchev–Trinajstić information content (AvgIpc) is 2.75. The van der Waals surface area contributed by atoms with Crippen molar-refractivity contribution in [2.24, 2.45) is 0 Å². The van der Waals surface area contributed by atoms with Gasteiger partial charge >= 0.3 is 0 Å². The van der Waals surface area contributed by atoms with E-state index in [9.17, 15) is 4.79 Å². The van der Waals surface area contributed by atoms with E-state index in [0.29, 0.717) is 15.9 Å². The molecular weight excluding hydrogens is 290 g/mol. The van der Waals surface area contributed by atoms with Crippen molar-refractivity contribution in [3.63, 3.8) is 0 Å². The Balaban J connectivity index is 2.01. The maximum atomic E-state index is 12.7. The molecule has 1 atom stereocenters. The summed E-state index contributed by atoms with van der Waals surface area (Å²) in [6.07, 6.45) is 3.40. The highest BCUT2D eigenvalue weighted by Crippen LogP contribution is 2.37. The molecule has 0 aliphatic carbocycles. The van der Waals surface area contributed by atoms with Crippen molar-refractivity contribution in [1.82, 2.24) is 4.90 Å². The number of amides is 1. The van der Waals surface area contributed by atoms with Crippen molar-refractivity contribution in [1.29, 1.82) is 0 Å². The summed E-state index contributed by atoms with van der Waals surface area (Å²) in [5, 5.41) is 1.61. The van der Waals surface area contributed by atoms with E-state index in [1.807, 2.05) is 17.0 Å². The summed E-state index contributed by atoms with van der Waals surface area (Å²) in [6.45, 7) is 5.04. The Kier molecular flexibility index (Phi) is 3.74. The maximum Gasteiger partial charge on any atom is 0.265 e. The third kappa shape index (κ3) is 2.33. The predicted octanol–water partition coefficient (Wildman–Crippen LogP) is 4.88. The number of piperidine rings is 1. The van der Waals surface area contributed by atoms with Crippen LogP contribution >= 0.6 is 22.9 Å². The van der Waals surface area contributed by atoms with Gasteiger partial charge in [0.15, 0.2) is 0 Å². The van der Waals surface area contributed by atoms with Crippen LogP contribution in [0.5, 0.6) is 0 Å². The molecular formula is C16H18ClNOS. The lowest BCUT2D eigenvalue weighted by Gasteiger charge is -2.33. The highest BCUT2D eigenvalue weighted by molar-refractivity contribution is 7.21. The highest BCUT2D eigenvalue weighted by Gasteiger charge is 2.27. The minimum absolute atomic E-state index is 0.0982. The summed E-state index contributed by atoms with van der Waals surface area (Å²) in [4.78, 5) is 15.4. The van der Waals surface area contributed by atoms with Crippen molar-refractivity contribution in [3.8, 4) is 0 Å². The fourth-order valence-corrected chi connectivity index (χ4v) is 4.41. The second-order valence-corrected chi connectivity index (χ2v) is 7.02. The monoisotopic (exact) mass is 307 g/mol. The molecule has 4 heteroatoms. The molecule has 1 fully saturated rings. The summed E-state index contributed by atoms with van der Waals surface area (Å²) in [7, 11) is 0. The molecule has 1 saturated heterocycles. The van der Waals surface area contributed by atoms with E-state index >= 15 is 0 Å². The lowest BCUT2D eigenvalue weighted by molar-refractivity contribution is 0.0641. The molecule has 0 unspecified atom stereocenters. The normalized spacial score (nSPS) is 19.6. The third-order valence-electron chi connectivity index (χ3n) is 4.04. The molecule has 1 aromatic heterocycles. The largest absolute Gasteiger partial charge is 0.335 e. The average molecular weight is 308 g/mol. The van der Waals surface area contributed by atoms with Crippen LogP contribution in [-0.4, -0.2) is 23.4 Å². The number of halogens is 1. The van der Waals surface area contributed by atoms with Crippen molar-refractivity contribution < 1.29 is 4.79 Å². The van der Waals surface area contributed by atoms with Crippen LogP contribution in [-0.2, 0) is 0 Å². The Morgan fingerprint density at radius 1 is 1.40 bits per heavy atom. The maximum absolute atomic E-state index is 12.7. The Labute approximate surface area is 128 Å². The first-order chi connectivity index (χ1) is 9.58. The summed E-state index contributed by atoms with van der Waals surface area (Å²) in [5.41, 5.74) is 1.20. The summed E-state index contributed by atoms with van der Waals surface area (Å²) in [6, 6.07) is 6.47. The molecule has 0 N–H and O–H groups in total. The molecule has 106 valence electrons. The number of nitrogens with zero attached hydrogens (tertiary/aromatic N) is 1. The zero-order valence-corrected chi connectivity index (χ0v) is 13.4. The number of hydrogen-bond donors (Lipinski definition) is 0. The molecule has 1 aliphatic rings. The van der Waals surface area contributed by atoms with E-state index in [1.54, 1.807) is 0 Å². The first-order valence-corrected chi connectivity index (χ1v) is 8.27. The van der Waals surface area contributed by atoms with Gasteiger partial charge in [-0.3, -0.25) is 4.79 Å². The lowest BCUT2D eigenvalue weighted by Crippen LogP contribution is -2.41. The van der Waals surface area contributed by atoms with E-state index in [4.69, 9.17) is 11.6 Å². The molecule has 1 aliphatic heterocycles. The lowest BCUT2D eigenvalue weighted by atomic mass is 10.0. The molecule has 2 aromatic rings. The fourth-order valence-electron chi connectivity index (χ4n) is 2.84. The standard InChI is InChI=1S/C16H18ClNOS/c1-10-6-7-12-13(9-10)20-15(14(12)17)16(19)18-8-4-3-5-11(18)2/h6-7,9,11H,3-5,8H2,1-2H3/t11-/m0/s1. The number of benzene rings is 1. The number of likely N-dealkylation sites (tertiary alicyclic amines) is 1. The number of carbonyl (C=O) groups excluding carboxylic acids is 1. The van der Waals surface area contributed by atoms with Gasteiger partial charge in [0.05, 0.1) is 5.02 Å². The van der Waals surface area contributed by atoms with Gasteiger partial charge in [-0.15, -0.1) is 11.3 Å². The van der Waals surface area contributed by atoms with Crippen LogP contribution in [0.4, 0.5) is 0 Å². The molecule has 2 heterocycles. The van der Waals surface area contributed by atoms with Gasteiger partial charge in [0.2, 0.25) is 0 Å². The first-order valence-electron chi connectivity index (χ1n) is 7.07. The highest BCUT2D eigenvalue weighted by atomic mass is 35.5. The van der Waals surface area contributed by atoms with Gasteiger partial charge in [0.1, 0.15) is 4.88 Å². The van der Waals surface area contributed by atoms with Gasteiger partial charge in [0, 0.05) is 22.7 Å². The quantitative estimate of drug-likeness (QED) is 0.735. The van der Waals surface area contributed by atoms with Crippen molar-refractivity contribution in [2.75, 3.05) is 6.54 Å². The van der Waals surface area contributed by atoms with Crippen LogP contribution in [0, 0.1) is 6.92 Å². The van der Waals surface area contributed by atoms with Crippen molar-refractivity contribution in [2.45, 2.75) is 39.2 Å². The minimum Gasteiger partial charge on any atom is -0.335 e. The number of fused-ring (bicyclic) bond motifs is 1. The van der Waals surface area contributed by atoms with E-state index in [-0.39, 0.29) is 5.91 Å². The molecule has 20 heavy (non-hydrogen) atoms. The molecule has 1 amide bonds. The number of carbonyl (C=O) groups is 1. The second kappa shape index (κ2) is 5.38. The van der Waals surface area contributed by atoms with Gasteiger partial charge in [-0.2, -0.15) is 0 Å². The molecule has 2 nitrogen and oxygen atoms in total. The Bertz CT molecular complexity index is 664. The number of thiophene rings is 1. The van der Waals surface area contributed by atoms with Crippen LogP contribution in [0.3, 0.4) is 0 Å². The van der Waals surface area contributed by atoms with Gasteiger partial charge in [-0.25, -0.2) is 0 Å². The van der Waals surface area contributed by atoms with E-state index in [2.05, 4.69) is 19.9 Å². The van der Waals surface area contributed by atoms with Crippen LogP contribution < -0.4 is 0 Å². The molecule has 3 rings (SSSR count). The fraction of sp³-hybridized carbons (Fsp3) is 0.438. The molecule has 0 spiro atoms. The van der Waals surface area contributed by atoms with E-state index in [1.165, 1.54) is 23.3 Å². The third-order valence-corrected chi connectivity index (χ3v) is 5.69. The van der Waals surface area contributed by atoms with Crippen molar-refractivity contribution >= 4 is 38.9 Å². The molecule has 0 saturated carbocycles. The number of hydrogen-bond acceptors (Lipinski definition) is 2. The van der Waals surface area contributed by atoms with E-state index in [0.717, 1.165) is 29.5 Å². The summed E-state index contributed by atoms with van der Waals surface area (Å²) in [5.74, 6) is 0.0982. The van der Waals surface area contributed by atoms with E-state index < -0.39 is 0 Å². The van der Waals surface area contributed by atoms with Gasteiger partial charge in [-0.1, -0.05) is 23.7 Å². The Hall–Kier alpha value is -1.06. The van der Waals surface area contributed by atoms with Gasteiger partial charge < -0.3 is 4.90 Å². The number of aryl methyl sites for hydroxylation is 1. The van der Waals surface area contributed by atoms with Crippen molar-refractivity contribution in [3.05, 3.63) is 33.7 Å². The molecule has 0 radical (unpaired) electrons. The molecule has 1 aromatic carbocycles.